The van der Waals surface area contributed by atoms with Gasteiger partial charge in [0, 0.05) is 23.9 Å². The molecule has 1 saturated heterocycles. The zero-order valence-corrected chi connectivity index (χ0v) is 16.2. The molecule has 0 bridgehead atoms. The SMILES string of the molecule is CCCCc1nc2ccccc2c(NC(=O)C[NH+]2CCCC2)c1CCC. The molecule has 4 nitrogen and oxygen atoms in total. The van der Waals surface area contributed by atoms with Crippen LogP contribution in [-0.2, 0) is 17.6 Å². The number of rotatable bonds is 8. The van der Waals surface area contributed by atoms with Gasteiger partial charge in [-0.05, 0) is 30.9 Å². The third-order valence-electron chi connectivity index (χ3n) is 5.33. The van der Waals surface area contributed by atoms with Crippen molar-refractivity contribution in [2.24, 2.45) is 0 Å². The van der Waals surface area contributed by atoms with E-state index in [-0.39, 0.29) is 5.91 Å². The van der Waals surface area contributed by atoms with Gasteiger partial charge in [-0.1, -0.05) is 44.9 Å². The highest BCUT2D eigenvalue weighted by Crippen LogP contribution is 2.30. The largest absolute Gasteiger partial charge is 0.327 e. The van der Waals surface area contributed by atoms with Crippen LogP contribution in [0.15, 0.2) is 24.3 Å². The molecule has 3 rings (SSSR count). The van der Waals surface area contributed by atoms with Gasteiger partial charge < -0.3 is 10.2 Å². The number of benzene rings is 1. The van der Waals surface area contributed by atoms with Crippen LogP contribution < -0.4 is 10.2 Å². The number of aromatic nitrogens is 1. The van der Waals surface area contributed by atoms with Crippen molar-refractivity contribution in [2.45, 2.75) is 58.8 Å². The number of likely N-dealkylation sites (tertiary alicyclic amines) is 1. The van der Waals surface area contributed by atoms with E-state index >= 15 is 0 Å². The quantitative estimate of drug-likeness (QED) is 0.765. The van der Waals surface area contributed by atoms with Crippen LogP contribution in [0.3, 0.4) is 0 Å². The number of unbranched alkanes of at least 4 members (excludes halogenated alkanes) is 1. The zero-order chi connectivity index (χ0) is 18.4. The number of hydrogen-bond acceptors (Lipinski definition) is 2. The second-order valence-electron chi connectivity index (χ2n) is 7.46. The molecule has 0 saturated carbocycles. The molecule has 1 fully saturated rings. The van der Waals surface area contributed by atoms with Gasteiger partial charge in [-0.25, -0.2) is 0 Å². The van der Waals surface area contributed by atoms with Gasteiger partial charge >= 0.3 is 0 Å². The Morgan fingerprint density at radius 2 is 1.88 bits per heavy atom. The average Bonchev–Trinajstić information content (AvgIpc) is 3.15. The minimum absolute atomic E-state index is 0.136. The highest BCUT2D eigenvalue weighted by Gasteiger charge is 2.21. The highest BCUT2D eigenvalue weighted by atomic mass is 16.2. The van der Waals surface area contributed by atoms with Gasteiger partial charge in [0.15, 0.2) is 6.54 Å². The lowest BCUT2D eigenvalue weighted by Crippen LogP contribution is -3.11. The van der Waals surface area contributed by atoms with Crippen LogP contribution in [-0.4, -0.2) is 30.5 Å². The highest BCUT2D eigenvalue weighted by molar-refractivity contribution is 6.02. The fourth-order valence-electron chi connectivity index (χ4n) is 3.98. The van der Waals surface area contributed by atoms with Crippen LogP contribution in [0.2, 0.25) is 0 Å². The van der Waals surface area contributed by atoms with Crippen LogP contribution in [0.4, 0.5) is 5.69 Å². The topological polar surface area (TPSA) is 46.4 Å². The van der Waals surface area contributed by atoms with Crippen molar-refractivity contribution in [1.82, 2.24) is 4.98 Å². The van der Waals surface area contributed by atoms with Crippen LogP contribution in [0.25, 0.3) is 10.9 Å². The van der Waals surface area contributed by atoms with Gasteiger partial charge in [-0.2, -0.15) is 0 Å². The van der Waals surface area contributed by atoms with E-state index in [0.717, 1.165) is 67.5 Å². The maximum atomic E-state index is 12.7. The first-order chi connectivity index (χ1) is 12.7. The first-order valence-electron chi connectivity index (χ1n) is 10.3. The Labute approximate surface area is 157 Å². The molecule has 1 amide bonds. The number of nitrogens with one attached hydrogen (secondary N) is 2. The number of anilines is 1. The number of fused-ring (bicyclic) bond motifs is 1. The Balaban J connectivity index is 1.95. The number of amides is 1. The van der Waals surface area contributed by atoms with E-state index in [2.05, 4.69) is 31.3 Å². The second-order valence-corrected chi connectivity index (χ2v) is 7.46. The van der Waals surface area contributed by atoms with Crippen LogP contribution in [0, 0.1) is 0 Å². The number of nitrogens with zero attached hydrogens (tertiary/aromatic N) is 1. The predicted molar refractivity (Wildman–Crippen MR) is 108 cm³/mol. The van der Waals surface area contributed by atoms with Crippen molar-refractivity contribution < 1.29 is 9.69 Å². The van der Waals surface area contributed by atoms with Crippen molar-refractivity contribution >= 4 is 22.5 Å². The number of pyridine rings is 1. The smallest absolute Gasteiger partial charge is 0.279 e. The van der Waals surface area contributed by atoms with Crippen LogP contribution >= 0.6 is 0 Å². The van der Waals surface area contributed by atoms with Gasteiger partial charge in [0.25, 0.3) is 5.91 Å². The Morgan fingerprint density at radius 3 is 2.62 bits per heavy atom. The summed E-state index contributed by atoms with van der Waals surface area (Å²) < 4.78 is 0. The lowest BCUT2D eigenvalue weighted by Gasteiger charge is -2.19. The van der Waals surface area contributed by atoms with Gasteiger partial charge in [0.1, 0.15) is 0 Å². The van der Waals surface area contributed by atoms with Crippen LogP contribution in [0.5, 0.6) is 0 Å². The first-order valence-corrected chi connectivity index (χ1v) is 10.3. The number of carbonyl (C=O) groups is 1. The molecule has 0 spiro atoms. The summed E-state index contributed by atoms with van der Waals surface area (Å²) in [5.74, 6) is 0.136. The molecule has 26 heavy (non-hydrogen) atoms. The Morgan fingerprint density at radius 1 is 1.12 bits per heavy atom. The van der Waals surface area contributed by atoms with E-state index in [4.69, 9.17) is 4.98 Å². The number of aryl methyl sites for hydroxylation is 1. The molecule has 2 heterocycles. The van der Waals surface area contributed by atoms with Gasteiger partial charge in [0.05, 0.1) is 24.3 Å². The molecule has 0 atom stereocenters. The normalized spacial score (nSPS) is 14.8. The van der Waals surface area contributed by atoms with E-state index in [0.29, 0.717) is 6.54 Å². The number of hydrogen-bond donors (Lipinski definition) is 2. The summed E-state index contributed by atoms with van der Waals surface area (Å²) in [7, 11) is 0. The fourth-order valence-corrected chi connectivity index (χ4v) is 3.98. The molecule has 2 aromatic rings. The third kappa shape index (κ3) is 4.42. The maximum Gasteiger partial charge on any atom is 0.279 e. The van der Waals surface area contributed by atoms with Crippen molar-refractivity contribution in [2.75, 3.05) is 25.0 Å². The third-order valence-corrected chi connectivity index (χ3v) is 5.33. The van der Waals surface area contributed by atoms with Crippen molar-refractivity contribution in [3.8, 4) is 0 Å². The number of carbonyl (C=O) groups excluding carboxylic acids is 1. The van der Waals surface area contributed by atoms with E-state index in [1.165, 1.54) is 23.3 Å². The van der Waals surface area contributed by atoms with E-state index in [1.54, 1.807) is 0 Å². The predicted octanol–water partition coefficient (Wildman–Crippen LogP) is 3.15. The molecular formula is C22H32N3O+. The molecule has 140 valence electrons. The van der Waals surface area contributed by atoms with Gasteiger partial charge in [0.2, 0.25) is 0 Å². The van der Waals surface area contributed by atoms with Gasteiger partial charge in [-0.15, -0.1) is 0 Å². The number of quaternary nitrogens is 1. The molecule has 0 aliphatic carbocycles. The van der Waals surface area contributed by atoms with E-state index in [1.807, 2.05) is 12.1 Å². The Bertz CT molecular complexity index is 750. The minimum atomic E-state index is 0.136. The molecule has 2 N–H and O–H groups in total. The Kier molecular flexibility index (Phi) is 6.62. The molecule has 0 radical (unpaired) electrons. The lowest BCUT2D eigenvalue weighted by molar-refractivity contribution is -0.878. The summed E-state index contributed by atoms with van der Waals surface area (Å²) in [6.07, 6.45) is 7.76. The molecular weight excluding hydrogens is 322 g/mol. The summed E-state index contributed by atoms with van der Waals surface area (Å²) in [5.41, 5.74) is 4.40. The summed E-state index contributed by atoms with van der Waals surface area (Å²) in [6, 6.07) is 8.20. The monoisotopic (exact) mass is 354 g/mol. The number of para-hydroxylation sites is 1. The molecule has 4 heteroatoms. The summed E-state index contributed by atoms with van der Waals surface area (Å²) >= 11 is 0. The van der Waals surface area contributed by atoms with E-state index in [9.17, 15) is 4.79 Å². The molecule has 0 unspecified atom stereocenters. The lowest BCUT2D eigenvalue weighted by atomic mass is 9.98. The summed E-state index contributed by atoms with van der Waals surface area (Å²) in [5, 5.41) is 4.35. The first kappa shape index (κ1) is 18.8. The van der Waals surface area contributed by atoms with Crippen molar-refractivity contribution in [3.63, 3.8) is 0 Å². The van der Waals surface area contributed by atoms with Crippen molar-refractivity contribution in [3.05, 3.63) is 35.5 Å². The maximum absolute atomic E-state index is 12.7. The van der Waals surface area contributed by atoms with Crippen LogP contribution in [0.1, 0.15) is 57.2 Å². The molecule has 1 aliphatic heterocycles. The summed E-state index contributed by atoms with van der Waals surface area (Å²) in [4.78, 5) is 19.1. The fraction of sp³-hybridized carbons (Fsp3) is 0.545. The summed E-state index contributed by atoms with van der Waals surface area (Å²) in [6.45, 7) is 7.22. The Hall–Kier alpha value is -1.94. The zero-order valence-electron chi connectivity index (χ0n) is 16.2. The molecule has 1 aromatic carbocycles. The minimum Gasteiger partial charge on any atom is -0.327 e. The van der Waals surface area contributed by atoms with E-state index < -0.39 is 0 Å². The van der Waals surface area contributed by atoms with Gasteiger partial charge in [-0.3, -0.25) is 9.78 Å². The molecule has 1 aliphatic rings. The second kappa shape index (κ2) is 9.13. The van der Waals surface area contributed by atoms with Crippen molar-refractivity contribution in [1.29, 1.82) is 0 Å². The average molecular weight is 355 g/mol. The standard InChI is InChI=1S/C22H31N3O/c1-3-5-12-19-17(10-4-2)22(18-11-6-7-13-20(18)23-19)24-21(26)16-25-14-8-9-15-25/h6-7,11,13H,3-5,8-10,12,14-16H2,1-2H3,(H,23,24,26)/p+1. The molecule has 1 aromatic heterocycles.